The predicted molar refractivity (Wildman–Crippen MR) is 92.4 cm³/mol. The third-order valence-corrected chi connectivity index (χ3v) is 5.60. The molecule has 2 aliphatic heterocycles. The van der Waals surface area contributed by atoms with Gasteiger partial charge in [-0.1, -0.05) is 12.8 Å². The lowest BCUT2D eigenvalue weighted by Gasteiger charge is -2.61. The van der Waals surface area contributed by atoms with Gasteiger partial charge in [0.15, 0.2) is 0 Å². The van der Waals surface area contributed by atoms with Gasteiger partial charge >= 0.3 is 0 Å². The first-order valence-corrected chi connectivity index (χ1v) is 8.43. The van der Waals surface area contributed by atoms with Gasteiger partial charge < -0.3 is 14.8 Å². The average Bonchev–Trinajstić information content (AvgIpc) is 3.08. The summed E-state index contributed by atoms with van der Waals surface area (Å²) in [4.78, 5) is 28.6. The van der Waals surface area contributed by atoms with Crippen molar-refractivity contribution in [3.8, 4) is 12.3 Å². The lowest BCUT2D eigenvalue weighted by molar-refractivity contribution is -0.156. The third-order valence-electron chi connectivity index (χ3n) is 5.60. The maximum atomic E-state index is 12.4. The van der Waals surface area contributed by atoms with Crippen molar-refractivity contribution in [2.75, 3.05) is 24.5 Å². The van der Waals surface area contributed by atoms with Gasteiger partial charge in [-0.3, -0.25) is 4.79 Å². The SMILES string of the molecule is C#CCC(=O)N1C[C@H](C)[C@]12CCCN(c1ncnc3[nH]ccc13)C2. The van der Waals surface area contributed by atoms with Crippen molar-refractivity contribution >= 4 is 22.8 Å². The van der Waals surface area contributed by atoms with Gasteiger partial charge in [0.1, 0.15) is 17.8 Å². The van der Waals surface area contributed by atoms with E-state index < -0.39 is 0 Å². The predicted octanol–water partition coefficient (Wildman–Crippen LogP) is 1.80. The molecule has 0 aliphatic carbocycles. The minimum Gasteiger partial charge on any atom is -0.354 e. The molecule has 2 aromatic heterocycles. The van der Waals surface area contributed by atoms with Gasteiger partial charge in [0.2, 0.25) is 5.91 Å². The molecule has 6 nitrogen and oxygen atoms in total. The van der Waals surface area contributed by atoms with Gasteiger partial charge in [0.25, 0.3) is 0 Å². The van der Waals surface area contributed by atoms with Crippen molar-refractivity contribution in [1.82, 2.24) is 19.9 Å². The summed E-state index contributed by atoms with van der Waals surface area (Å²) in [5, 5.41) is 1.03. The topological polar surface area (TPSA) is 65.1 Å². The first-order chi connectivity index (χ1) is 11.7. The van der Waals surface area contributed by atoms with Gasteiger partial charge in [-0.05, 0) is 24.8 Å². The first-order valence-electron chi connectivity index (χ1n) is 8.43. The molecule has 2 atom stereocenters. The maximum absolute atomic E-state index is 12.4. The average molecular weight is 323 g/mol. The molecule has 2 aromatic rings. The number of hydrogen-bond donors (Lipinski definition) is 1. The minimum atomic E-state index is -0.111. The zero-order chi connectivity index (χ0) is 16.7. The Morgan fingerprint density at radius 2 is 2.42 bits per heavy atom. The van der Waals surface area contributed by atoms with Gasteiger partial charge in [-0.2, -0.15) is 0 Å². The van der Waals surface area contributed by atoms with Crippen molar-refractivity contribution in [2.24, 2.45) is 5.92 Å². The molecule has 6 heteroatoms. The smallest absolute Gasteiger partial charge is 0.235 e. The number of anilines is 1. The largest absolute Gasteiger partial charge is 0.354 e. The number of nitrogens with one attached hydrogen (secondary N) is 1. The molecule has 1 amide bonds. The summed E-state index contributed by atoms with van der Waals surface area (Å²) in [5.41, 5.74) is 0.737. The highest BCUT2D eigenvalue weighted by Gasteiger charge is 2.54. The van der Waals surface area contributed by atoms with Crippen LogP contribution >= 0.6 is 0 Å². The number of rotatable bonds is 2. The Hall–Kier alpha value is -2.55. The Labute approximate surface area is 141 Å². The van der Waals surface area contributed by atoms with E-state index in [0.29, 0.717) is 5.92 Å². The number of amides is 1. The highest BCUT2D eigenvalue weighted by Crippen LogP contribution is 2.44. The van der Waals surface area contributed by atoms with Crippen LogP contribution in [0.2, 0.25) is 0 Å². The van der Waals surface area contributed by atoms with Crippen LogP contribution in [-0.2, 0) is 4.79 Å². The van der Waals surface area contributed by atoms with Crippen LogP contribution < -0.4 is 4.90 Å². The number of terminal acetylenes is 1. The molecule has 2 saturated heterocycles. The molecule has 0 bridgehead atoms. The molecule has 4 heterocycles. The lowest BCUT2D eigenvalue weighted by Crippen LogP contribution is -2.73. The van der Waals surface area contributed by atoms with E-state index in [-0.39, 0.29) is 17.9 Å². The second kappa shape index (κ2) is 5.52. The van der Waals surface area contributed by atoms with E-state index in [1.54, 1.807) is 6.33 Å². The van der Waals surface area contributed by atoms with Crippen LogP contribution in [0.5, 0.6) is 0 Å². The molecule has 124 valence electrons. The molecule has 24 heavy (non-hydrogen) atoms. The summed E-state index contributed by atoms with van der Waals surface area (Å²) in [5.74, 6) is 3.99. The fourth-order valence-electron chi connectivity index (χ4n) is 4.29. The van der Waals surface area contributed by atoms with E-state index in [1.807, 2.05) is 17.2 Å². The van der Waals surface area contributed by atoms with E-state index in [1.165, 1.54) is 0 Å². The van der Waals surface area contributed by atoms with Crippen LogP contribution in [0.3, 0.4) is 0 Å². The molecule has 1 N–H and O–H groups in total. The van der Waals surface area contributed by atoms with Gasteiger partial charge in [-0.15, -0.1) is 6.42 Å². The summed E-state index contributed by atoms with van der Waals surface area (Å²) >= 11 is 0. The number of carbonyl (C=O) groups is 1. The molecule has 0 radical (unpaired) electrons. The summed E-state index contributed by atoms with van der Waals surface area (Å²) in [7, 11) is 0. The van der Waals surface area contributed by atoms with E-state index >= 15 is 0 Å². The second-order valence-corrected chi connectivity index (χ2v) is 6.85. The number of fused-ring (bicyclic) bond motifs is 1. The minimum absolute atomic E-state index is 0.0759. The molecule has 4 rings (SSSR count). The number of aromatic amines is 1. The first kappa shape index (κ1) is 15.0. The Morgan fingerprint density at radius 1 is 1.54 bits per heavy atom. The number of piperidine rings is 1. The Bertz CT molecular complexity index is 822. The van der Waals surface area contributed by atoms with Gasteiger partial charge in [0.05, 0.1) is 17.3 Å². The van der Waals surface area contributed by atoms with Crippen LogP contribution in [0.25, 0.3) is 11.0 Å². The number of hydrogen-bond acceptors (Lipinski definition) is 4. The highest BCUT2D eigenvalue weighted by molar-refractivity contribution is 5.87. The summed E-state index contributed by atoms with van der Waals surface area (Å²) < 4.78 is 0. The van der Waals surface area contributed by atoms with Crippen molar-refractivity contribution in [3.05, 3.63) is 18.6 Å². The quantitative estimate of drug-likeness (QED) is 0.856. The molecule has 1 spiro atoms. The summed E-state index contributed by atoms with van der Waals surface area (Å²) in [6.07, 6.45) is 11.1. The van der Waals surface area contributed by atoms with Crippen molar-refractivity contribution < 1.29 is 4.79 Å². The number of H-pyrrole nitrogens is 1. The second-order valence-electron chi connectivity index (χ2n) is 6.85. The van der Waals surface area contributed by atoms with Crippen LogP contribution in [0, 0.1) is 18.3 Å². The monoisotopic (exact) mass is 323 g/mol. The zero-order valence-electron chi connectivity index (χ0n) is 13.8. The third kappa shape index (κ3) is 2.08. The van der Waals surface area contributed by atoms with E-state index in [9.17, 15) is 4.79 Å². The van der Waals surface area contributed by atoms with Crippen molar-refractivity contribution in [2.45, 2.75) is 31.7 Å². The van der Waals surface area contributed by atoms with Crippen LogP contribution in [-0.4, -0.2) is 50.9 Å². The molecule has 0 saturated carbocycles. The van der Waals surface area contributed by atoms with Gasteiger partial charge in [0, 0.05) is 25.8 Å². The standard InChI is InChI=1S/C18H21N5O/c1-3-5-15(24)23-10-13(2)18(23)7-4-9-22(11-18)17-14-6-8-19-16(14)20-12-21-17/h1,6,8,12-13H,4-5,7,9-11H2,2H3,(H,19,20,21)/t13-,18+/m0/s1. The number of carbonyl (C=O) groups excluding carboxylic acids is 1. The molecule has 0 aromatic carbocycles. The van der Waals surface area contributed by atoms with Crippen LogP contribution in [0.1, 0.15) is 26.2 Å². The molecule has 0 unspecified atom stereocenters. The van der Waals surface area contributed by atoms with Crippen LogP contribution in [0.4, 0.5) is 5.82 Å². The van der Waals surface area contributed by atoms with E-state index in [4.69, 9.17) is 6.42 Å². The summed E-state index contributed by atoms with van der Waals surface area (Å²) in [6.45, 7) is 4.79. The van der Waals surface area contributed by atoms with E-state index in [0.717, 1.165) is 49.3 Å². The fourth-order valence-corrected chi connectivity index (χ4v) is 4.29. The van der Waals surface area contributed by atoms with Crippen molar-refractivity contribution in [3.63, 3.8) is 0 Å². The highest BCUT2D eigenvalue weighted by atomic mass is 16.2. The number of nitrogens with zero attached hydrogens (tertiary/aromatic N) is 4. The Balaban J connectivity index is 1.65. The number of aromatic nitrogens is 3. The number of likely N-dealkylation sites (tertiary alicyclic amines) is 1. The van der Waals surface area contributed by atoms with Crippen LogP contribution in [0.15, 0.2) is 18.6 Å². The zero-order valence-corrected chi connectivity index (χ0v) is 13.8. The Morgan fingerprint density at radius 3 is 3.21 bits per heavy atom. The molecular formula is C18H21N5O. The molecule has 2 fully saturated rings. The lowest BCUT2D eigenvalue weighted by atomic mass is 9.69. The fraction of sp³-hybridized carbons (Fsp3) is 0.500. The van der Waals surface area contributed by atoms with E-state index in [2.05, 4.69) is 32.7 Å². The Kier molecular flexibility index (Phi) is 3.45. The molecule has 2 aliphatic rings. The normalized spacial score (nSPS) is 26.4. The van der Waals surface area contributed by atoms with Gasteiger partial charge in [-0.25, -0.2) is 9.97 Å². The maximum Gasteiger partial charge on any atom is 0.235 e. The summed E-state index contributed by atoms with van der Waals surface area (Å²) in [6, 6.07) is 2.01. The van der Waals surface area contributed by atoms with Crippen molar-refractivity contribution in [1.29, 1.82) is 0 Å². The molecular weight excluding hydrogens is 302 g/mol.